The standard InChI is InChI=1S/C13H15NO4/c1-13(12(15)16,7-8-17-2)18-11-6-4-3-5-10(11)9-14/h3-6H,7-8H2,1-2H3,(H,15,16). The maximum Gasteiger partial charge on any atom is 0.347 e. The molecule has 1 rings (SSSR count). The van der Waals surface area contributed by atoms with Gasteiger partial charge in [0.1, 0.15) is 11.8 Å². The lowest BCUT2D eigenvalue weighted by Gasteiger charge is -2.26. The van der Waals surface area contributed by atoms with E-state index in [0.717, 1.165) is 0 Å². The highest BCUT2D eigenvalue weighted by Crippen LogP contribution is 2.25. The third-order valence-corrected chi connectivity index (χ3v) is 2.58. The van der Waals surface area contributed by atoms with Crippen LogP contribution in [0.1, 0.15) is 18.9 Å². The number of benzene rings is 1. The van der Waals surface area contributed by atoms with E-state index in [0.29, 0.717) is 5.56 Å². The molecule has 1 unspecified atom stereocenters. The van der Waals surface area contributed by atoms with Gasteiger partial charge < -0.3 is 14.6 Å². The average Bonchev–Trinajstić information content (AvgIpc) is 2.37. The highest BCUT2D eigenvalue weighted by molar-refractivity contribution is 5.77. The Morgan fingerprint density at radius 3 is 2.72 bits per heavy atom. The molecule has 1 aromatic carbocycles. The van der Waals surface area contributed by atoms with Crippen molar-refractivity contribution in [1.29, 1.82) is 5.26 Å². The molecule has 0 aliphatic rings. The fourth-order valence-electron chi connectivity index (χ4n) is 1.39. The SMILES string of the molecule is COCCC(C)(Oc1ccccc1C#N)C(=O)O. The van der Waals surface area contributed by atoms with E-state index in [1.165, 1.54) is 14.0 Å². The molecule has 0 saturated heterocycles. The van der Waals surface area contributed by atoms with Gasteiger partial charge >= 0.3 is 5.97 Å². The molecule has 0 fully saturated rings. The lowest BCUT2D eigenvalue weighted by atomic mass is 10.0. The van der Waals surface area contributed by atoms with Crippen molar-refractivity contribution in [1.82, 2.24) is 0 Å². The summed E-state index contributed by atoms with van der Waals surface area (Å²) in [4.78, 5) is 11.3. The number of carboxylic acid groups (broad SMARTS) is 1. The fourth-order valence-corrected chi connectivity index (χ4v) is 1.39. The summed E-state index contributed by atoms with van der Waals surface area (Å²) in [6.07, 6.45) is 0.193. The molecule has 5 nitrogen and oxygen atoms in total. The van der Waals surface area contributed by atoms with Crippen molar-refractivity contribution < 1.29 is 19.4 Å². The lowest BCUT2D eigenvalue weighted by Crippen LogP contribution is -2.42. The van der Waals surface area contributed by atoms with Crippen molar-refractivity contribution in [2.45, 2.75) is 18.9 Å². The lowest BCUT2D eigenvalue weighted by molar-refractivity contribution is -0.155. The zero-order valence-corrected chi connectivity index (χ0v) is 10.3. The largest absolute Gasteiger partial charge is 0.478 e. The molecular formula is C13H15NO4. The fraction of sp³-hybridized carbons (Fsp3) is 0.385. The number of nitriles is 1. The zero-order chi connectivity index (χ0) is 13.6. The Morgan fingerprint density at radius 1 is 1.50 bits per heavy atom. The van der Waals surface area contributed by atoms with Crippen LogP contribution in [0.5, 0.6) is 5.75 Å². The number of rotatable bonds is 6. The highest BCUT2D eigenvalue weighted by Gasteiger charge is 2.35. The summed E-state index contributed by atoms with van der Waals surface area (Å²) in [5, 5.41) is 18.1. The summed E-state index contributed by atoms with van der Waals surface area (Å²) in [5.74, 6) is -0.826. The second kappa shape index (κ2) is 6.03. The van der Waals surface area contributed by atoms with Crippen molar-refractivity contribution in [3.63, 3.8) is 0 Å². The Labute approximate surface area is 106 Å². The number of hydrogen-bond donors (Lipinski definition) is 1. The van der Waals surface area contributed by atoms with Crippen molar-refractivity contribution >= 4 is 5.97 Å². The summed E-state index contributed by atoms with van der Waals surface area (Å²) in [6, 6.07) is 8.50. The van der Waals surface area contributed by atoms with Crippen molar-refractivity contribution in [3.05, 3.63) is 29.8 Å². The van der Waals surface area contributed by atoms with Gasteiger partial charge in [-0.3, -0.25) is 0 Å². The molecule has 0 saturated carbocycles. The first-order valence-electron chi connectivity index (χ1n) is 5.44. The van der Waals surface area contributed by atoms with Crippen LogP contribution in [0.3, 0.4) is 0 Å². The molecule has 0 heterocycles. The van der Waals surface area contributed by atoms with Crippen LogP contribution < -0.4 is 4.74 Å². The number of para-hydroxylation sites is 1. The van der Waals surface area contributed by atoms with E-state index >= 15 is 0 Å². The van der Waals surface area contributed by atoms with Gasteiger partial charge in [0.05, 0.1) is 12.2 Å². The minimum absolute atomic E-state index is 0.193. The Balaban J connectivity index is 2.97. The number of carboxylic acids is 1. The Kier molecular flexibility index (Phi) is 4.69. The zero-order valence-electron chi connectivity index (χ0n) is 10.3. The van der Waals surface area contributed by atoms with Crippen molar-refractivity contribution in [2.75, 3.05) is 13.7 Å². The summed E-state index contributed by atoms with van der Waals surface area (Å²) in [5.41, 5.74) is -1.11. The number of aliphatic carboxylic acids is 1. The predicted octanol–water partition coefficient (Wildman–Crippen LogP) is 1.82. The van der Waals surface area contributed by atoms with E-state index in [1.807, 2.05) is 6.07 Å². The van der Waals surface area contributed by atoms with E-state index in [4.69, 9.17) is 14.7 Å². The topological polar surface area (TPSA) is 79.5 Å². The highest BCUT2D eigenvalue weighted by atomic mass is 16.5. The van der Waals surface area contributed by atoms with Gasteiger partial charge in [0.15, 0.2) is 0 Å². The van der Waals surface area contributed by atoms with Gasteiger partial charge in [-0.15, -0.1) is 0 Å². The first kappa shape index (κ1) is 14.0. The number of hydrogen-bond acceptors (Lipinski definition) is 4. The molecule has 0 radical (unpaired) electrons. The maximum absolute atomic E-state index is 11.3. The number of methoxy groups -OCH3 is 1. The number of ether oxygens (including phenoxy) is 2. The third kappa shape index (κ3) is 3.22. The molecule has 18 heavy (non-hydrogen) atoms. The van der Waals surface area contributed by atoms with Crippen LogP contribution in [0.15, 0.2) is 24.3 Å². The van der Waals surface area contributed by atoms with Gasteiger partial charge in [-0.25, -0.2) is 4.79 Å². The minimum Gasteiger partial charge on any atom is -0.478 e. The summed E-state index contributed by atoms with van der Waals surface area (Å²) >= 11 is 0. The molecule has 96 valence electrons. The summed E-state index contributed by atoms with van der Waals surface area (Å²) in [6.45, 7) is 1.72. The molecule has 1 atom stereocenters. The second-order valence-corrected chi connectivity index (χ2v) is 3.99. The smallest absolute Gasteiger partial charge is 0.347 e. The molecule has 0 aliphatic carbocycles. The van der Waals surface area contributed by atoms with E-state index in [9.17, 15) is 9.90 Å². The molecule has 0 spiro atoms. The van der Waals surface area contributed by atoms with Crippen molar-refractivity contribution in [3.8, 4) is 11.8 Å². The van der Waals surface area contributed by atoms with Gasteiger partial charge in [-0.2, -0.15) is 5.26 Å². The van der Waals surface area contributed by atoms with Crippen LogP contribution >= 0.6 is 0 Å². The van der Waals surface area contributed by atoms with Crippen LogP contribution in [-0.2, 0) is 9.53 Å². The minimum atomic E-state index is -1.41. The number of carbonyl (C=O) groups is 1. The van der Waals surface area contributed by atoms with Crippen LogP contribution in [0, 0.1) is 11.3 Å². The normalized spacial score (nSPS) is 13.4. The molecule has 0 bridgehead atoms. The molecular weight excluding hydrogens is 234 g/mol. The van der Waals surface area contributed by atoms with Gasteiger partial charge in [-0.1, -0.05) is 12.1 Å². The second-order valence-electron chi connectivity index (χ2n) is 3.99. The van der Waals surface area contributed by atoms with Crippen LogP contribution in [0.4, 0.5) is 0 Å². The number of nitrogens with zero attached hydrogens (tertiary/aromatic N) is 1. The Bertz CT molecular complexity index is 466. The molecule has 0 aliphatic heterocycles. The first-order chi connectivity index (χ1) is 8.53. The summed E-state index contributed by atoms with van der Waals surface area (Å²) < 4.78 is 10.4. The molecule has 0 amide bonds. The Hall–Kier alpha value is -2.06. The van der Waals surface area contributed by atoms with E-state index in [2.05, 4.69) is 0 Å². The quantitative estimate of drug-likeness (QED) is 0.831. The molecule has 1 N–H and O–H groups in total. The third-order valence-electron chi connectivity index (χ3n) is 2.58. The van der Waals surface area contributed by atoms with E-state index in [1.54, 1.807) is 24.3 Å². The van der Waals surface area contributed by atoms with Crippen LogP contribution in [0.25, 0.3) is 0 Å². The molecule has 1 aromatic rings. The monoisotopic (exact) mass is 249 g/mol. The van der Waals surface area contributed by atoms with Gasteiger partial charge in [0, 0.05) is 13.5 Å². The van der Waals surface area contributed by atoms with Crippen LogP contribution in [-0.4, -0.2) is 30.4 Å². The van der Waals surface area contributed by atoms with E-state index < -0.39 is 11.6 Å². The first-order valence-corrected chi connectivity index (χ1v) is 5.44. The van der Waals surface area contributed by atoms with Crippen LogP contribution in [0.2, 0.25) is 0 Å². The van der Waals surface area contributed by atoms with Gasteiger partial charge in [-0.05, 0) is 19.1 Å². The summed E-state index contributed by atoms with van der Waals surface area (Å²) in [7, 11) is 1.49. The maximum atomic E-state index is 11.3. The van der Waals surface area contributed by atoms with Gasteiger partial charge in [0.2, 0.25) is 5.60 Å². The molecule has 5 heteroatoms. The van der Waals surface area contributed by atoms with E-state index in [-0.39, 0.29) is 18.8 Å². The van der Waals surface area contributed by atoms with Gasteiger partial charge in [0.25, 0.3) is 0 Å². The predicted molar refractivity (Wildman–Crippen MR) is 64.3 cm³/mol. The average molecular weight is 249 g/mol. The molecule has 0 aromatic heterocycles. The van der Waals surface area contributed by atoms with Crippen molar-refractivity contribution in [2.24, 2.45) is 0 Å². The Morgan fingerprint density at radius 2 is 2.17 bits per heavy atom.